The summed E-state index contributed by atoms with van der Waals surface area (Å²) in [6, 6.07) is 1.41. The number of nitrogens with one attached hydrogen (secondary N) is 1. The molecule has 1 saturated heterocycles. The van der Waals surface area contributed by atoms with Crippen LogP contribution in [0.25, 0.3) is 0 Å². The highest BCUT2D eigenvalue weighted by Crippen LogP contribution is 2.14. The smallest absolute Gasteiger partial charge is 0.0218 e. The first-order valence-corrected chi connectivity index (χ1v) is 7.16. The first-order valence-electron chi connectivity index (χ1n) is 7.16. The molecule has 0 radical (unpaired) electrons. The molecule has 0 aliphatic carbocycles. The van der Waals surface area contributed by atoms with Crippen LogP contribution in [0.5, 0.6) is 0 Å². The minimum absolute atomic E-state index is 0.654. The van der Waals surface area contributed by atoms with Crippen LogP contribution in [0.3, 0.4) is 0 Å². The van der Waals surface area contributed by atoms with Crippen LogP contribution in [-0.2, 0) is 0 Å². The normalized spacial score (nSPS) is 23.2. The summed E-state index contributed by atoms with van der Waals surface area (Å²) in [6.45, 7) is 13.1. The summed E-state index contributed by atoms with van der Waals surface area (Å²) < 4.78 is 0. The van der Waals surface area contributed by atoms with E-state index in [4.69, 9.17) is 0 Å². The van der Waals surface area contributed by atoms with E-state index in [2.05, 4.69) is 37.9 Å². The predicted molar refractivity (Wildman–Crippen MR) is 71.8 cm³/mol. The van der Waals surface area contributed by atoms with Crippen molar-refractivity contribution in [3.05, 3.63) is 0 Å². The minimum atomic E-state index is 0.654. The van der Waals surface area contributed by atoms with Crippen LogP contribution in [0.1, 0.15) is 53.4 Å². The van der Waals surface area contributed by atoms with Crippen molar-refractivity contribution in [1.82, 2.24) is 10.2 Å². The molecule has 96 valence electrons. The van der Waals surface area contributed by atoms with E-state index in [9.17, 15) is 0 Å². The zero-order valence-electron chi connectivity index (χ0n) is 11.6. The molecular formula is C14H30N2. The highest BCUT2D eigenvalue weighted by Gasteiger charge is 2.21. The molecule has 1 aliphatic rings. The van der Waals surface area contributed by atoms with Crippen molar-refractivity contribution in [3.8, 4) is 0 Å². The average molecular weight is 226 g/mol. The zero-order chi connectivity index (χ0) is 12.0. The number of hydrogen-bond acceptors (Lipinski definition) is 2. The summed E-state index contributed by atoms with van der Waals surface area (Å²) in [4.78, 5) is 2.66. The molecule has 0 aromatic rings. The van der Waals surface area contributed by atoms with E-state index in [-0.39, 0.29) is 0 Å². The van der Waals surface area contributed by atoms with Gasteiger partial charge in [0.05, 0.1) is 0 Å². The van der Waals surface area contributed by atoms with Crippen molar-refractivity contribution in [1.29, 1.82) is 0 Å². The Morgan fingerprint density at radius 1 is 1.06 bits per heavy atom. The molecule has 0 saturated carbocycles. The van der Waals surface area contributed by atoms with Gasteiger partial charge in [-0.25, -0.2) is 0 Å². The predicted octanol–water partition coefficient (Wildman–Crippen LogP) is 2.89. The first-order chi connectivity index (χ1) is 7.69. The van der Waals surface area contributed by atoms with Gasteiger partial charge in [-0.05, 0) is 45.2 Å². The Labute approximate surface area is 102 Å². The van der Waals surface area contributed by atoms with Crippen molar-refractivity contribution in [3.63, 3.8) is 0 Å². The molecule has 2 nitrogen and oxygen atoms in total. The van der Waals surface area contributed by atoms with Gasteiger partial charge >= 0.3 is 0 Å². The number of hydrogen-bond donors (Lipinski definition) is 1. The zero-order valence-corrected chi connectivity index (χ0v) is 11.6. The first kappa shape index (κ1) is 14.0. The third-order valence-electron chi connectivity index (χ3n) is 4.30. The van der Waals surface area contributed by atoms with Crippen LogP contribution in [0.4, 0.5) is 0 Å². The summed E-state index contributed by atoms with van der Waals surface area (Å²) in [5, 5.41) is 3.72. The summed E-state index contributed by atoms with van der Waals surface area (Å²) in [7, 11) is 0. The maximum absolute atomic E-state index is 3.72. The molecule has 0 aromatic heterocycles. The van der Waals surface area contributed by atoms with Crippen molar-refractivity contribution >= 4 is 0 Å². The minimum Gasteiger partial charge on any atom is -0.312 e. The van der Waals surface area contributed by atoms with E-state index >= 15 is 0 Å². The molecule has 0 amide bonds. The molecule has 0 bridgehead atoms. The lowest BCUT2D eigenvalue weighted by molar-refractivity contribution is 0.218. The number of nitrogens with zero attached hydrogens (tertiary/aromatic N) is 1. The van der Waals surface area contributed by atoms with E-state index < -0.39 is 0 Å². The largest absolute Gasteiger partial charge is 0.312 e. The van der Waals surface area contributed by atoms with Gasteiger partial charge in [-0.2, -0.15) is 0 Å². The summed E-state index contributed by atoms with van der Waals surface area (Å²) in [5.74, 6) is 0.788. The highest BCUT2D eigenvalue weighted by molar-refractivity contribution is 4.79. The fourth-order valence-corrected chi connectivity index (χ4v) is 2.52. The van der Waals surface area contributed by atoms with Gasteiger partial charge in [-0.3, -0.25) is 4.90 Å². The maximum atomic E-state index is 3.72. The van der Waals surface area contributed by atoms with Gasteiger partial charge < -0.3 is 5.32 Å². The number of likely N-dealkylation sites (tertiary alicyclic amines) is 1. The third kappa shape index (κ3) is 4.06. The van der Waals surface area contributed by atoms with Gasteiger partial charge in [-0.15, -0.1) is 0 Å². The maximum Gasteiger partial charge on any atom is 0.0218 e. The second kappa shape index (κ2) is 7.29. The van der Waals surface area contributed by atoms with Gasteiger partial charge in [0, 0.05) is 18.6 Å². The van der Waals surface area contributed by atoms with Gasteiger partial charge in [0.15, 0.2) is 0 Å². The molecule has 1 N–H and O–H groups in total. The number of rotatable bonds is 7. The van der Waals surface area contributed by atoms with Gasteiger partial charge in [0.25, 0.3) is 0 Å². The van der Waals surface area contributed by atoms with E-state index in [1.165, 1.54) is 45.3 Å². The van der Waals surface area contributed by atoms with E-state index in [0.29, 0.717) is 6.04 Å². The standard InChI is InChI=1S/C14H30N2/c1-5-12(3)13(4)15-11-14(6-2)16-9-7-8-10-16/h12-15H,5-11H2,1-4H3. The Bertz CT molecular complexity index is 176. The quantitative estimate of drug-likeness (QED) is 0.718. The molecule has 1 rings (SSSR count). The van der Waals surface area contributed by atoms with Crippen molar-refractivity contribution in [2.45, 2.75) is 65.5 Å². The Morgan fingerprint density at radius 2 is 1.69 bits per heavy atom. The monoisotopic (exact) mass is 226 g/mol. The second-order valence-corrected chi connectivity index (χ2v) is 5.39. The molecule has 0 spiro atoms. The molecule has 1 aliphatic heterocycles. The Morgan fingerprint density at radius 3 is 2.19 bits per heavy atom. The van der Waals surface area contributed by atoms with Crippen LogP contribution in [0.2, 0.25) is 0 Å². The fraction of sp³-hybridized carbons (Fsp3) is 1.00. The molecule has 3 atom stereocenters. The summed E-state index contributed by atoms with van der Waals surface area (Å²) in [5.41, 5.74) is 0. The van der Waals surface area contributed by atoms with Crippen molar-refractivity contribution in [2.75, 3.05) is 19.6 Å². The lowest BCUT2D eigenvalue weighted by Crippen LogP contribution is -2.44. The lowest BCUT2D eigenvalue weighted by atomic mass is 10.0. The van der Waals surface area contributed by atoms with Gasteiger partial charge in [-0.1, -0.05) is 27.2 Å². The molecular weight excluding hydrogens is 196 g/mol. The second-order valence-electron chi connectivity index (χ2n) is 5.39. The third-order valence-corrected chi connectivity index (χ3v) is 4.30. The summed E-state index contributed by atoms with van der Waals surface area (Å²) >= 11 is 0. The highest BCUT2D eigenvalue weighted by atomic mass is 15.2. The average Bonchev–Trinajstić information content (AvgIpc) is 2.82. The topological polar surface area (TPSA) is 15.3 Å². The molecule has 16 heavy (non-hydrogen) atoms. The van der Waals surface area contributed by atoms with Crippen LogP contribution in [0.15, 0.2) is 0 Å². The van der Waals surface area contributed by atoms with Crippen molar-refractivity contribution in [2.24, 2.45) is 5.92 Å². The molecule has 3 unspecified atom stereocenters. The Balaban J connectivity index is 2.27. The van der Waals surface area contributed by atoms with Crippen LogP contribution < -0.4 is 5.32 Å². The van der Waals surface area contributed by atoms with Gasteiger partial charge in [0.2, 0.25) is 0 Å². The summed E-state index contributed by atoms with van der Waals surface area (Å²) in [6.07, 6.45) is 5.35. The molecule has 1 heterocycles. The molecule has 1 fully saturated rings. The van der Waals surface area contributed by atoms with E-state index in [1.807, 2.05) is 0 Å². The molecule has 0 aromatic carbocycles. The Hall–Kier alpha value is -0.0800. The van der Waals surface area contributed by atoms with E-state index in [1.54, 1.807) is 0 Å². The van der Waals surface area contributed by atoms with Crippen LogP contribution >= 0.6 is 0 Å². The lowest BCUT2D eigenvalue weighted by Gasteiger charge is -2.29. The Kier molecular flexibility index (Phi) is 6.37. The fourth-order valence-electron chi connectivity index (χ4n) is 2.52. The SMILES string of the molecule is CCC(C)C(C)NCC(CC)N1CCCC1. The van der Waals surface area contributed by atoms with E-state index in [0.717, 1.165) is 12.0 Å². The molecule has 2 heteroatoms. The van der Waals surface area contributed by atoms with Crippen LogP contribution in [-0.4, -0.2) is 36.6 Å². The van der Waals surface area contributed by atoms with Gasteiger partial charge in [0.1, 0.15) is 0 Å². The van der Waals surface area contributed by atoms with Crippen molar-refractivity contribution < 1.29 is 0 Å². The van der Waals surface area contributed by atoms with Crippen LogP contribution in [0, 0.1) is 5.92 Å².